The molecule has 0 aliphatic carbocycles. The molecule has 1 heterocycles. The molecule has 92 valence electrons. The number of hydrogen-bond acceptors (Lipinski definition) is 3. The summed E-state index contributed by atoms with van der Waals surface area (Å²) in [7, 11) is 0. The summed E-state index contributed by atoms with van der Waals surface area (Å²) in [6, 6.07) is 7.46. The number of carboxylic acid groups (broad SMARTS) is 1. The van der Waals surface area contributed by atoms with Gasteiger partial charge >= 0.3 is 5.97 Å². The Hall–Kier alpha value is -1.10. The molecule has 0 saturated carbocycles. The quantitative estimate of drug-likeness (QED) is 0.896. The zero-order valence-electron chi connectivity index (χ0n) is 9.14. The molecule has 5 heteroatoms. The highest BCUT2D eigenvalue weighted by Crippen LogP contribution is 2.22. The third-order valence-corrected chi connectivity index (χ3v) is 2.93. The molecule has 1 fully saturated rings. The van der Waals surface area contributed by atoms with Gasteiger partial charge in [0.2, 0.25) is 0 Å². The summed E-state index contributed by atoms with van der Waals surface area (Å²) in [5, 5.41) is 9.31. The zero-order chi connectivity index (χ0) is 12.3. The smallest absolute Gasteiger partial charge is 0.306 e. The van der Waals surface area contributed by atoms with Crippen LogP contribution in [-0.2, 0) is 20.7 Å². The highest BCUT2D eigenvalue weighted by Gasteiger charge is 2.28. The summed E-state index contributed by atoms with van der Waals surface area (Å²) < 4.78 is 10.9. The molecule has 2 unspecified atom stereocenters. The molecule has 2 rings (SSSR count). The van der Waals surface area contributed by atoms with Crippen molar-refractivity contribution in [3.05, 3.63) is 34.9 Å². The second-order valence-electron chi connectivity index (χ2n) is 3.91. The van der Waals surface area contributed by atoms with Gasteiger partial charge in [-0.1, -0.05) is 29.8 Å². The van der Waals surface area contributed by atoms with Crippen LogP contribution in [-0.4, -0.2) is 30.1 Å². The largest absolute Gasteiger partial charge is 0.481 e. The summed E-state index contributed by atoms with van der Waals surface area (Å²) in [5.74, 6) is -0.878. The molecule has 1 aliphatic rings. The lowest BCUT2D eigenvalue weighted by Gasteiger charge is -2.11. The van der Waals surface area contributed by atoms with Crippen LogP contribution in [0.15, 0.2) is 24.3 Å². The van der Waals surface area contributed by atoms with Crippen molar-refractivity contribution in [3.8, 4) is 0 Å². The molecule has 1 aliphatic heterocycles. The molecule has 0 amide bonds. The minimum atomic E-state index is -0.878. The number of benzene rings is 1. The van der Waals surface area contributed by atoms with Crippen LogP contribution in [0.1, 0.15) is 12.0 Å². The Kier molecular flexibility index (Phi) is 3.99. The number of carbonyl (C=O) groups is 1. The first-order valence-electron chi connectivity index (χ1n) is 5.37. The van der Waals surface area contributed by atoms with Gasteiger partial charge in [0.1, 0.15) is 0 Å². The lowest BCUT2D eigenvalue weighted by Crippen LogP contribution is -2.17. The van der Waals surface area contributed by atoms with Crippen LogP contribution in [0.2, 0.25) is 5.02 Å². The maximum absolute atomic E-state index is 10.5. The Morgan fingerprint density at radius 1 is 1.47 bits per heavy atom. The van der Waals surface area contributed by atoms with Crippen molar-refractivity contribution in [3.63, 3.8) is 0 Å². The van der Waals surface area contributed by atoms with Crippen molar-refractivity contribution in [2.75, 3.05) is 6.61 Å². The van der Waals surface area contributed by atoms with E-state index in [-0.39, 0.29) is 12.5 Å². The highest BCUT2D eigenvalue weighted by molar-refractivity contribution is 6.31. The molecule has 1 saturated heterocycles. The Labute approximate surface area is 104 Å². The number of carboxylic acids is 1. The van der Waals surface area contributed by atoms with E-state index >= 15 is 0 Å². The molecule has 1 N–H and O–H groups in total. The third-order valence-electron chi connectivity index (χ3n) is 2.56. The second kappa shape index (κ2) is 5.49. The summed E-state index contributed by atoms with van der Waals surface area (Å²) in [6.45, 7) is 0.321. The number of rotatable bonds is 4. The van der Waals surface area contributed by atoms with Gasteiger partial charge in [-0.3, -0.25) is 4.79 Å². The Bertz CT molecular complexity index is 407. The summed E-state index contributed by atoms with van der Waals surface area (Å²) in [5.41, 5.74) is 0.940. The van der Waals surface area contributed by atoms with Gasteiger partial charge in [-0.25, -0.2) is 0 Å². The molecule has 0 spiro atoms. The van der Waals surface area contributed by atoms with Crippen LogP contribution in [0.3, 0.4) is 0 Å². The SMILES string of the molecule is O=C(O)CC1COC(Cc2ccccc2Cl)O1. The van der Waals surface area contributed by atoms with Crippen LogP contribution >= 0.6 is 11.6 Å². The third kappa shape index (κ3) is 3.43. The predicted octanol–water partition coefficient (Wildman–Crippen LogP) is 2.10. The van der Waals surface area contributed by atoms with Gasteiger partial charge in [0, 0.05) is 11.4 Å². The van der Waals surface area contributed by atoms with Crippen molar-refractivity contribution in [1.29, 1.82) is 0 Å². The molecular weight excluding hydrogens is 244 g/mol. The molecule has 1 aromatic rings. The van der Waals surface area contributed by atoms with Gasteiger partial charge < -0.3 is 14.6 Å². The van der Waals surface area contributed by atoms with E-state index in [1.54, 1.807) is 6.07 Å². The number of hydrogen-bond donors (Lipinski definition) is 1. The van der Waals surface area contributed by atoms with Gasteiger partial charge in [0.25, 0.3) is 0 Å². The lowest BCUT2D eigenvalue weighted by atomic mass is 10.1. The van der Waals surface area contributed by atoms with E-state index in [2.05, 4.69) is 0 Å². The molecular formula is C12H13ClO4. The van der Waals surface area contributed by atoms with E-state index < -0.39 is 12.3 Å². The topological polar surface area (TPSA) is 55.8 Å². The summed E-state index contributed by atoms with van der Waals surface area (Å²) in [6.07, 6.45) is -0.256. The first-order valence-corrected chi connectivity index (χ1v) is 5.75. The van der Waals surface area contributed by atoms with Crippen LogP contribution in [0.5, 0.6) is 0 Å². The minimum Gasteiger partial charge on any atom is -0.481 e. The normalized spacial score (nSPS) is 23.8. The molecule has 1 aromatic carbocycles. The fourth-order valence-corrected chi connectivity index (χ4v) is 1.97. The molecule has 0 aromatic heterocycles. The van der Waals surface area contributed by atoms with E-state index in [4.69, 9.17) is 26.2 Å². The van der Waals surface area contributed by atoms with E-state index in [1.165, 1.54) is 0 Å². The number of aliphatic carboxylic acids is 1. The average Bonchev–Trinajstić information content (AvgIpc) is 2.68. The zero-order valence-corrected chi connectivity index (χ0v) is 9.89. The van der Waals surface area contributed by atoms with Crippen molar-refractivity contribution < 1.29 is 19.4 Å². The molecule has 0 radical (unpaired) electrons. The maximum atomic E-state index is 10.5. The van der Waals surface area contributed by atoms with Gasteiger partial charge in [-0.15, -0.1) is 0 Å². The van der Waals surface area contributed by atoms with Gasteiger partial charge in [-0.2, -0.15) is 0 Å². The molecule has 4 nitrogen and oxygen atoms in total. The minimum absolute atomic E-state index is 0.0287. The van der Waals surface area contributed by atoms with E-state index in [0.29, 0.717) is 18.1 Å². The Morgan fingerprint density at radius 2 is 2.24 bits per heavy atom. The molecule has 0 bridgehead atoms. The monoisotopic (exact) mass is 256 g/mol. The van der Waals surface area contributed by atoms with Crippen molar-refractivity contribution in [2.24, 2.45) is 0 Å². The average molecular weight is 257 g/mol. The van der Waals surface area contributed by atoms with E-state index in [0.717, 1.165) is 5.56 Å². The molecule has 17 heavy (non-hydrogen) atoms. The number of halogens is 1. The predicted molar refractivity (Wildman–Crippen MR) is 62.0 cm³/mol. The second-order valence-corrected chi connectivity index (χ2v) is 4.32. The van der Waals surface area contributed by atoms with Crippen LogP contribution in [0.25, 0.3) is 0 Å². The first-order chi connectivity index (χ1) is 8.15. The van der Waals surface area contributed by atoms with Crippen LogP contribution < -0.4 is 0 Å². The summed E-state index contributed by atoms with van der Waals surface area (Å²) >= 11 is 6.02. The Balaban J connectivity index is 1.90. The van der Waals surface area contributed by atoms with Gasteiger partial charge in [0.15, 0.2) is 6.29 Å². The van der Waals surface area contributed by atoms with Crippen molar-refractivity contribution in [1.82, 2.24) is 0 Å². The highest BCUT2D eigenvalue weighted by atomic mass is 35.5. The Morgan fingerprint density at radius 3 is 2.94 bits per heavy atom. The lowest BCUT2D eigenvalue weighted by molar-refractivity contribution is -0.140. The van der Waals surface area contributed by atoms with Crippen molar-refractivity contribution in [2.45, 2.75) is 25.2 Å². The first kappa shape index (κ1) is 12.4. The fraction of sp³-hybridized carbons (Fsp3) is 0.417. The summed E-state index contributed by atoms with van der Waals surface area (Å²) in [4.78, 5) is 10.5. The number of ether oxygens (including phenoxy) is 2. The van der Waals surface area contributed by atoms with E-state index in [1.807, 2.05) is 18.2 Å². The van der Waals surface area contributed by atoms with E-state index in [9.17, 15) is 4.79 Å². The van der Waals surface area contributed by atoms with Gasteiger partial charge in [0.05, 0.1) is 19.1 Å². The standard InChI is InChI=1S/C12H13ClO4/c13-10-4-2-1-3-8(10)5-12-16-7-9(17-12)6-11(14)15/h1-4,9,12H,5-7H2,(H,14,15). The maximum Gasteiger partial charge on any atom is 0.306 e. The molecule has 2 atom stereocenters. The van der Waals surface area contributed by atoms with Gasteiger partial charge in [-0.05, 0) is 11.6 Å². The van der Waals surface area contributed by atoms with Crippen LogP contribution in [0, 0.1) is 0 Å². The fourth-order valence-electron chi connectivity index (χ4n) is 1.76. The van der Waals surface area contributed by atoms with Crippen LogP contribution in [0.4, 0.5) is 0 Å². The van der Waals surface area contributed by atoms with Crippen molar-refractivity contribution >= 4 is 17.6 Å².